The van der Waals surface area contributed by atoms with Crippen LogP contribution in [0.5, 0.6) is 5.75 Å². The van der Waals surface area contributed by atoms with Crippen molar-refractivity contribution in [2.24, 2.45) is 22.6 Å². The van der Waals surface area contributed by atoms with Gasteiger partial charge in [-0.3, -0.25) is 19.5 Å². The Labute approximate surface area is 233 Å². The smallest absolute Gasteiger partial charge is 0.231 e. The van der Waals surface area contributed by atoms with Gasteiger partial charge in [-0.25, -0.2) is 4.99 Å². The molecule has 8 heteroatoms. The third kappa shape index (κ3) is 8.85. The number of amides is 2. The third-order valence-corrected chi connectivity index (χ3v) is 6.51. The molecule has 1 saturated carbocycles. The number of nitrogens with two attached hydrogens (primary N) is 1. The molecule has 3 atom stereocenters. The number of benzene rings is 1. The first-order chi connectivity index (χ1) is 18.5. The predicted octanol–water partition coefficient (Wildman–Crippen LogP) is 4.72. The van der Waals surface area contributed by atoms with Crippen LogP contribution in [0.4, 0.5) is 0 Å². The van der Waals surface area contributed by atoms with Crippen LogP contribution in [0, 0.1) is 24.7 Å². The van der Waals surface area contributed by atoms with Crippen LogP contribution in [0.1, 0.15) is 72.4 Å². The number of carbonyl (C=O) groups is 2. The molecular formula is C31H43N5O3. The zero-order valence-electron chi connectivity index (χ0n) is 24.1. The number of aromatic nitrogens is 1. The maximum atomic E-state index is 12.9. The van der Waals surface area contributed by atoms with Gasteiger partial charge >= 0.3 is 0 Å². The number of terminal acetylenes is 1. The van der Waals surface area contributed by atoms with Crippen molar-refractivity contribution < 1.29 is 14.3 Å². The third-order valence-electron chi connectivity index (χ3n) is 6.51. The summed E-state index contributed by atoms with van der Waals surface area (Å²) in [4.78, 5) is 35.1. The lowest BCUT2D eigenvalue weighted by Gasteiger charge is -2.38. The average Bonchev–Trinajstić information content (AvgIpc) is 3.68. The van der Waals surface area contributed by atoms with Crippen molar-refractivity contribution >= 4 is 17.8 Å². The molecule has 1 aromatic carbocycles. The molecule has 8 nitrogen and oxygen atoms in total. The minimum absolute atomic E-state index is 0.0198. The Balaban J connectivity index is 0.000000458. The fourth-order valence-electron chi connectivity index (χ4n) is 4.73. The summed E-state index contributed by atoms with van der Waals surface area (Å²) in [6, 6.07) is 13.5. The molecule has 3 aliphatic rings. The molecule has 0 bridgehead atoms. The van der Waals surface area contributed by atoms with Gasteiger partial charge in [0.2, 0.25) is 11.8 Å². The Morgan fingerprint density at radius 1 is 1.10 bits per heavy atom. The Bertz CT molecular complexity index is 1120. The molecule has 1 fully saturated rings. The molecule has 0 radical (unpaired) electrons. The van der Waals surface area contributed by atoms with Crippen LogP contribution in [0.25, 0.3) is 0 Å². The number of hydrogen-bond donors (Lipinski definition) is 2. The van der Waals surface area contributed by atoms with E-state index in [2.05, 4.69) is 28.1 Å². The highest BCUT2D eigenvalue weighted by molar-refractivity contribution is 5.99. The lowest BCUT2D eigenvalue weighted by Crippen LogP contribution is -2.50. The van der Waals surface area contributed by atoms with E-state index in [1.807, 2.05) is 84.0 Å². The Hall–Kier alpha value is -3.86. The van der Waals surface area contributed by atoms with Crippen LogP contribution in [-0.2, 0) is 9.59 Å². The molecule has 2 amide bonds. The van der Waals surface area contributed by atoms with Crippen molar-refractivity contribution in [2.45, 2.75) is 78.0 Å². The number of guanidine groups is 1. The summed E-state index contributed by atoms with van der Waals surface area (Å²) in [6.45, 7) is 12.3. The van der Waals surface area contributed by atoms with Gasteiger partial charge in [0, 0.05) is 36.8 Å². The number of nitrogens with zero attached hydrogens (tertiary/aromatic N) is 3. The minimum atomic E-state index is -0.457. The van der Waals surface area contributed by atoms with Gasteiger partial charge in [0.05, 0.1) is 18.0 Å². The molecule has 1 aliphatic carbocycles. The fourth-order valence-corrected chi connectivity index (χ4v) is 4.73. The van der Waals surface area contributed by atoms with Crippen molar-refractivity contribution in [3.8, 4) is 18.6 Å². The highest BCUT2D eigenvalue weighted by Gasteiger charge is 2.47. The quantitative estimate of drug-likeness (QED) is 0.553. The van der Waals surface area contributed by atoms with Gasteiger partial charge in [-0.05, 0) is 58.2 Å². The first-order valence-corrected chi connectivity index (χ1v) is 13.5. The predicted molar refractivity (Wildman–Crippen MR) is 156 cm³/mol. The monoisotopic (exact) mass is 533 g/mol. The number of para-hydroxylation sites is 1. The maximum Gasteiger partial charge on any atom is 0.231 e. The SMILES string of the molecule is C#C.CC.CC1(C)CC(=O)N(C[C@H]2CC2C(=O)N[C@H]2CC(C)(C)Oc3ccccc32)C(N)=N1.c1ccncc1. The Morgan fingerprint density at radius 2 is 1.74 bits per heavy atom. The van der Waals surface area contributed by atoms with Crippen LogP contribution in [0.15, 0.2) is 59.9 Å². The normalized spacial score (nSPS) is 23.3. The standard InChI is InChI=1S/C22H30N4O3.C5H5N.C2H6.C2H2/c1-21(2)11-18(27)26(20(23)25-21)12-13-9-15(13)19(28)24-16-10-22(3,4)29-17-8-6-5-7-14(16)17;1-2-4-6-5-3-1;2*1-2/h5-8,13,15-16H,9-12H2,1-4H3,(H2,23,25)(H,24,28);1-5H;1-2H3;1-2H/t13-,15?,16+;;;/m1.../s1. The molecule has 2 aliphatic heterocycles. The second kappa shape index (κ2) is 13.8. The molecule has 1 aromatic heterocycles. The van der Waals surface area contributed by atoms with E-state index in [-0.39, 0.29) is 41.3 Å². The lowest BCUT2D eigenvalue weighted by atomic mass is 9.89. The maximum absolute atomic E-state index is 12.9. The summed E-state index contributed by atoms with van der Waals surface area (Å²) >= 11 is 0. The molecule has 5 rings (SSSR count). The van der Waals surface area contributed by atoms with Crippen molar-refractivity contribution in [1.29, 1.82) is 0 Å². The highest BCUT2D eigenvalue weighted by Crippen LogP contribution is 2.43. The summed E-state index contributed by atoms with van der Waals surface area (Å²) in [6.07, 6.45) is 13.3. The number of hydrogen-bond acceptors (Lipinski definition) is 6. The lowest BCUT2D eigenvalue weighted by molar-refractivity contribution is -0.130. The van der Waals surface area contributed by atoms with Gasteiger partial charge in [0.15, 0.2) is 5.96 Å². The number of carbonyl (C=O) groups excluding carboxylic acids is 2. The van der Waals surface area contributed by atoms with Crippen molar-refractivity contribution in [3.05, 3.63) is 60.4 Å². The number of aliphatic imine (C=N–C) groups is 1. The summed E-state index contributed by atoms with van der Waals surface area (Å²) in [5.74, 6) is 1.13. The zero-order valence-corrected chi connectivity index (χ0v) is 24.1. The van der Waals surface area contributed by atoms with E-state index in [1.54, 1.807) is 12.4 Å². The van der Waals surface area contributed by atoms with Gasteiger partial charge in [0.1, 0.15) is 11.4 Å². The average molecular weight is 534 g/mol. The number of pyridine rings is 1. The van der Waals surface area contributed by atoms with E-state index >= 15 is 0 Å². The van der Waals surface area contributed by atoms with Crippen LogP contribution in [0.3, 0.4) is 0 Å². The summed E-state index contributed by atoms with van der Waals surface area (Å²) in [7, 11) is 0. The summed E-state index contributed by atoms with van der Waals surface area (Å²) < 4.78 is 6.05. The number of ether oxygens (including phenoxy) is 1. The van der Waals surface area contributed by atoms with Crippen LogP contribution in [0.2, 0.25) is 0 Å². The molecule has 3 N–H and O–H groups in total. The van der Waals surface area contributed by atoms with E-state index in [4.69, 9.17) is 10.5 Å². The van der Waals surface area contributed by atoms with Crippen molar-refractivity contribution in [2.75, 3.05) is 6.54 Å². The molecule has 39 heavy (non-hydrogen) atoms. The Kier molecular flexibility index (Phi) is 11.1. The van der Waals surface area contributed by atoms with Gasteiger partial charge in [-0.1, -0.05) is 38.1 Å². The van der Waals surface area contributed by atoms with Crippen LogP contribution < -0.4 is 15.8 Å². The second-order valence-corrected chi connectivity index (χ2v) is 10.8. The topological polar surface area (TPSA) is 110 Å². The van der Waals surface area contributed by atoms with Gasteiger partial charge in [0.25, 0.3) is 0 Å². The Morgan fingerprint density at radius 3 is 2.31 bits per heavy atom. The number of rotatable bonds is 4. The molecule has 210 valence electrons. The molecule has 2 aromatic rings. The van der Waals surface area contributed by atoms with E-state index in [9.17, 15) is 9.59 Å². The van der Waals surface area contributed by atoms with Gasteiger partial charge < -0.3 is 15.8 Å². The molecule has 0 spiro atoms. The van der Waals surface area contributed by atoms with Gasteiger partial charge in [-0.2, -0.15) is 0 Å². The highest BCUT2D eigenvalue weighted by atomic mass is 16.5. The van der Waals surface area contributed by atoms with E-state index in [1.165, 1.54) is 4.90 Å². The largest absolute Gasteiger partial charge is 0.487 e. The molecule has 1 unspecified atom stereocenters. The summed E-state index contributed by atoms with van der Waals surface area (Å²) in [5, 5.41) is 3.21. The molecular weight excluding hydrogens is 490 g/mol. The van der Waals surface area contributed by atoms with Crippen molar-refractivity contribution in [3.63, 3.8) is 0 Å². The molecule has 0 saturated heterocycles. The second-order valence-electron chi connectivity index (χ2n) is 10.8. The molecule has 3 heterocycles. The number of fused-ring (bicyclic) bond motifs is 1. The van der Waals surface area contributed by atoms with Crippen LogP contribution >= 0.6 is 0 Å². The van der Waals surface area contributed by atoms with Crippen molar-refractivity contribution in [1.82, 2.24) is 15.2 Å². The first-order valence-electron chi connectivity index (χ1n) is 13.5. The number of nitrogens with one attached hydrogen (secondary N) is 1. The van der Waals surface area contributed by atoms with E-state index in [0.29, 0.717) is 19.4 Å². The van der Waals surface area contributed by atoms with Crippen LogP contribution in [-0.4, -0.2) is 45.3 Å². The fraction of sp³-hybridized carbons (Fsp3) is 0.484. The van der Waals surface area contributed by atoms with E-state index in [0.717, 1.165) is 17.7 Å². The zero-order chi connectivity index (χ0) is 29.2. The minimum Gasteiger partial charge on any atom is -0.487 e. The van der Waals surface area contributed by atoms with E-state index < -0.39 is 5.54 Å². The summed E-state index contributed by atoms with van der Waals surface area (Å²) in [5.41, 5.74) is 6.23. The first kappa shape index (κ1) is 31.4. The van der Waals surface area contributed by atoms with Gasteiger partial charge in [-0.15, -0.1) is 12.8 Å².